The molecule has 2 aromatic heterocycles. The summed E-state index contributed by atoms with van der Waals surface area (Å²) in [6.07, 6.45) is 0. The Hall–Kier alpha value is -2.51. The molecule has 0 radical (unpaired) electrons. The minimum absolute atomic E-state index is 0.475. The third-order valence-electron chi connectivity index (χ3n) is 3.63. The van der Waals surface area contributed by atoms with Gasteiger partial charge in [0, 0.05) is 16.7 Å². The summed E-state index contributed by atoms with van der Waals surface area (Å²) in [5, 5.41) is 9.63. The molecule has 1 N–H and O–H groups in total. The van der Waals surface area contributed by atoms with Crippen LogP contribution < -0.4 is 4.74 Å². The molecule has 26 heavy (non-hydrogen) atoms. The van der Waals surface area contributed by atoms with Crippen molar-refractivity contribution in [3.8, 4) is 17.2 Å². The molecule has 0 saturated heterocycles. The van der Waals surface area contributed by atoms with E-state index >= 15 is 0 Å². The minimum Gasteiger partial charge on any atom is -0.494 e. The van der Waals surface area contributed by atoms with Gasteiger partial charge in [-0.25, -0.2) is 4.98 Å². The molecule has 6 nitrogen and oxygen atoms in total. The van der Waals surface area contributed by atoms with Crippen LogP contribution in [0.2, 0.25) is 5.02 Å². The Bertz CT molecular complexity index is 1030. The lowest BCUT2D eigenvalue weighted by atomic mass is 10.2. The molecule has 2 heterocycles. The number of aromatic nitrogens is 4. The summed E-state index contributed by atoms with van der Waals surface area (Å²) in [4.78, 5) is 7.83. The first-order valence-corrected chi connectivity index (χ1v) is 9.41. The molecule has 2 aromatic carbocycles. The largest absolute Gasteiger partial charge is 0.494 e. The van der Waals surface area contributed by atoms with Gasteiger partial charge in [0.05, 0.1) is 23.4 Å². The molecule has 0 amide bonds. The first-order valence-electron chi connectivity index (χ1n) is 8.05. The standard InChI is InChI=1S/C18H15ClN4O2S/c1-2-24-13-7-8-14-15(9-13)21-18(20-14)26-10-16-22-23-17(25-16)11-3-5-12(19)6-4-11/h3-9H,2,10H2,1H3,(H,20,21). The highest BCUT2D eigenvalue weighted by atomic mass is 35.5. The Morgan fingerprint density at radius 3 is 2.81 bits per heavy atom. The molecule has 0 atom stereocenters. The topological polar surface area (TPSA) is 76.8 Å². The summed E-state index contributed by atoms with van der Waals surface area (Å²) in [5.74, 6) is 2.36. The van der Waals surface area contributed by atoms with Crippen LogP contribution in [0.25, 0.3) is 22.5 Å². The van der Waals surface area contributed by atoms with Gasteiger partial charge in [-0.05, 0) is 43.3 Å². The van der Waals surface area contributed by atoms with Crippen LogP contribution in [0.1, 0.15) is 12.8 Å². The minimum atomic E-state index is 0.475. The fourth-order valence-electron chi connectivity index (χ4n) is 2.44. The molecule has 0 saturated carbocycles. The van der Waals surface area contributed by atoms with Crippen LogP contribution in [0, 0.1) is 0 Å². The lowest BCUT2D eigenvalue weighted by Gasteiger charge is -2.00. The number of aromatic amines is 1. The monoisotopic (exact) mass is 386 g/mol. The number of ether oxygens (including phenoxy) is 1. The molecule has 0 aliphatic rings. The molecule has 132 valence electrons. The SMILES string of the molecule is CCOc1ccc2nc(SCc3nnc(-c4ccc(Cl)cc4)o3)[nH]c2c1. The Labute approximate surface area is 158 Å². The summed E-state index contributed by atoms with van der Waals surface area (Å²) < 4.78 is 11.2. The van der Waals surface area contributed by atoms with Crippen LogP contribution in [0.15, 0.2) is 52.0 Å². The van der Waals surface area contributed by atoms with E-state index in [1.54, 1.807) is 12.1 Å². The smallest absolute Gasteiger partial charge is 0.247 e. The van der Waals surface area contributed by atoms with Crippen LogP contribution in [0.4, 0.5) is 0 Å². The zero-order chi connectivity index (χ0) is 17.9. The van der Waals surface area contributed by atoms with E-state index in [1.165, 1.54) is 11.8 Å². The Kier molecular flexibility index (Phi) is 4.81. The maximum Gasteiger partial charge on any atom is 0.247 e. The number of thioether (sulfide) groups is 1. The predicted molar refractivity (Wildman–Crippen MR) is 102 cm³/mol. The first-order chi connectivity index (χ1) is 12.7. The van der Waals surface area contributed by atoms with E-state index < -0.39 is 0 Å². The van der Waals surface area contributed by atoms with Crippen molar-refractivity contribution in [3.05, 3.63) is 53.4 Å². The van der Waals surface area contributed by atoms with Gasteiger partial charge in [0.2, 0.25) is 11.8 Å². The van der Waals surface area contributed by atoms with Crippen molar-refractivity contribution < 1.29 is 9.15 Å². The molecule has 8 heteroatoms. The zero-order valence-corrected chi connectivity index (χ0v) is 15.5. The molecule has 0 fully saturated rings. The lowest BCUT2D eigenvalue weighted by molar-refractivity contribution is 0.340. The van der Waals surface area contributed by atoms with E-state index in [9.17, 15) is 0 Å². The number of benzene rings is 2. The number of nitrogens with one attached hydrogen (secondary N) is 1. The second kappa shape index (κ2) is 7.39. The summed E-state index contributed by atoms with van der Waals surface area (Å²) in [6, 6.07) is 13.1. The Morgan fingerprint density at radius 1 is 1.15 bits per heavy atom. The average molecular weight is 387 g/mol. The number of H-pyrrole nitrogens is 1. The van der Waals surface area contributed by atoms with Crippen LogP contribution >= 0.6 is 23.4 Å². The normalized spacial score (nSPS) is 11.2. The highest BCUT2D eigenvalue weighted by molar-refractivity contribution is 7.98. The fraction of sp³-hybridized carbons (Fsp3) is 0.167. The van der Waals surface area contributed by atoms with Crippen molar-refractivity contribution in [2.75, 3.05) is 6.61 Å². The Balaban J connectivity index is 1.45. The molecular weight excluding hydrogens is 372 g/mol. The number of halogens is 1. The lowest BCUT2D eigenvalue weighted by Crippen LogP contribution is -1.90. The summed E-state index contributed by atoms with van der Waals surface area (Å²) in [6.45, 7) is 2.59. The molecule has 4 aromatic rings. The molecule has 0 bridgehead atoms. The highest BCUT2D eigenvalue weighted by Gasteiger charge is 2.11. The van der Waals surface area contributed by atoms with Crippen molar-refractivity contribution in [1.82, 2.24) is 20.2 Å². The van der Waals surface area contributed by atoms with Gasteiger partial charge in [-0.3, -0.25) is 0 Å². The maximum absolute atomic E-state index is 5.89. The predicted octanol–water partition coefficient (Wildman–Crippen LogP) is 4.96. The van der Waals surface area contributed by atoms with Crippen molar-refractivity contribution in [1.29, 1.82) is 0 Å². The number of nitrogens with zero attached hydrogens (tertiary/aromatic N) is 3. The van der Waals surface area contributed by atoms with Crippen molar-refractivity contribution in [2.24, 2.45) is 0 Å². The third kappa shape index (κ3) is 3.68. The summed E-state index contributed by atoms with van der Waals surface area (Å²) in [7, 11) is 0. The first kappa shape index (κ1) is 16.9. The summed E-state index contributed by atoms with van der Waals surface area (Å²) in [5.41, 5.74) is 2.67. The number of rotatable bonds is 6. The van der Waals surface area contributed by atoms with E-state index in [1.807, 2.05) is 37.3 Å². The van der Waals surface area contributed by atoms with E-state index in [-0.39, 0.29) is 0 Å². The quantitative estimate of drug-likeness (QED) is 0.472. The van der Waals surface area contributed by atoms with Gasteiger partial charge in [-0.2, -0.15) is 0 Å². The van der Waals surface area contributed by atoms with Gasteiger partial charge in [0.25, 0.3) is 0 Å². The van der Waals surface area contributed by atoms with Crippen LogP contribution in [0.3, 0.4) is 0 Å². The maximum atomic E-state index is 5.89. The van der Waals surface area contributed by atoms with E-state index in [2.05, 4.69) is 20.2 Å². The van der Waals surface area contributed by atoms with Crippen LogP contribution in [-0.4, -0.2) is 26.8 Å². The second-order valence-corrected chi connectivity index (χ2v) is 6.85. The van der Waals surface area contributed by atoms with Gasteiger partial charge in [0.15, 0.2) is 5.16 Å². The number of fused-ring (bicyclic) bond motifs is 1. The zero-order valence-electron chi connectivity index (χ0n) is 13.9. The van der Waals surface area contributed by atoms with Gasteiger partial charge >= 0.3 is 0 Å². The Morgan fingerprint density at radius 2 is 2.00 bits per heavy atom. The van der Waals surface area contributed by atoms with E-state index in [4.69, 9.17) is 20.8 Å². The number of hydrogen-bond donors (Lipinski definition) is 1. The third-order valence-corrected chi connectivity index (χ3v) is 4.74. The van der Waals surface area contributed by atoms with Gasteiger partial charge in [-0.1, -0.05) is 23.4 Å². The molecule has 0 aliphatic heterocycles. The van der Waals surface area contributed by atoms with Crippen LogP contribution in [-0.2, 0) is 5.75 Å². The summed E-state index contributed by atoms with van der Waals surface area (Å²) >= 11 is 7.40. The second-order valence-electron chi connectivity index (χ2n) is 5.45. The number of imidazole rings is 1. The molecule has 0 aliphatic carbocycles. The molecular formula is C18H15ClN4O2S. The highest BCUT2D eigenvalue weighted by Crippen LogP contribution is 2.26. The van der Waals surface area contributed by atoms with Gasteiger partial charge in [0.1, 0.15) is 5.75 Å². The molecule has 4 rings (SSSR count). The number of hydrogen-bond acceptors (Lipinski definition) is 6. The van der Waals surface area contributed by atoms with E-state index in [0.717, 1.165) is 27.5 Å². The molecule has 0 spiro atoms. The molecule has 0 unspecified atom stereocenters. The van der Waals surface area contributed by atoms with E-state index in [0.29, 0.717) is 29.2 Å². The van der Waals surface area contributed by atoms with Gasteiger partial charge in [-0.15, -0.1) is 10.2 Å². The van der Waals surface area contributed by atoms with Gasteiger partial charge < -0.3 is 14.1 Å². The van der Waals surface area contributed by atoms with Crippen molar-refractivity contribution >= 4 is 34.4 Å². The van der Waals surface area contributed by atoms with Crippen molar-refractivity contribution in [2.45, 2.75) is 17.8 Å². The average Bonchev–Trinajstić information content (AvgIpc) is 3.27. The van der Waals surface area contributed by atoms with Crippen LogP contribution in [0.5, 0.6) is 5.75 Å². The van der Waals surface area contributed by atoms with Crippen molar-refractivity contribution in [3.63, 3.8) is 0 Å². The fourth-order valence-corrected chi connectivity index (χ4v) is 3.29.